The number of fused-ring (bicyclic) bond motifs is 1. The lowest BCUT2D eigenvalue weighted by Gasteiger charge is -2.08. The van der Waals surface area contributed by atoms with E-state index in [1.165, 1.54) is 6.07 Å². The highest BCUT2D eigenvalue weighted by molar-refractivity contribution is 5.96. The molecule has 3 rings (SSSR count). The summed E-state index contributed by atoms with van der Waals surface area (Å²) in [4.78, 5) is 11.2. The molecule has 0 spiro atoms. The van der Waals surface area contributed by atoms with Crippen molar-refractivity contribution in [1.82, 2.24) is 0 Å². The Balaban J connectivity index is 2.17. The monoisotopic (exact) mass is 258 g/mol. The molecule has 4 heteroatoms. The molecule has 96 valence electrons. The highest BCUT2D eigenvalue weighted by atomic mass is 19.1. The van der Waals surface area contributed by atoms with Gasteiger partial charge in [-0.05, 0) is 34.4 Å². The van der Waals surface area contributed by atoms with Crippen molar-refractivity contribution >= 4 is 5.97 Å². The summed E-state index contributed by atoms with van der Waals surface area (Å²) in [6.07, 6.45) is 0. The lowest BCUT2D eigenvalue weighted by molar-refractivity contribution is 0.0693. The highest BCUT2D eigenvalue weighted by Crippen LogP contribution is 2.30. The summed E-state index contributed by atoms with van der Waals surface area (Å²) in [6.45, 7) is 1.09. The highest BCUT2D eigenvalue weighted by Gasteiger charge is 2.18. The predicted molar refractivity (Wildman–Crippen MR) is 67.3 cm³/mol. The van der Waals surface area contributed by atoms with Crippen LogP contribution in [0.25, 0.3) is 11.1 Å². The summed E-state index contributed by atoms with van der Waals surface area (Å²) in [6, 6.07) is 9.85. The van der Waals surface area contributed by atoms with Gasteiger partial charge < -0.3 is 9.84 Å². The van der Waals surface area contributed by atoms with E-state index >= 15 is 0 Å². The van der Waals surface area contributed by atoms with E-state index in [0.29, 0.717) is 24.3 Å². The van der Waals surface area contributed by atoms with E-state index in [1.54, 1.807) is 12.1 Å². The van der Waals surface area contributed by atoms with Crippen molar-refractivity contribution in [2.75, 3.05) is 0 Å². The van der Waals surface area contributed by atoms with Crippen molar-refractivity contribution in [2.24, 2.45) is 0 Å². The maximum absolute atomic E-state index is 13.7. The van der Waals surface area contributed by atoms with Crippen LogP contribution in [0, 0.1) is 5.82 Å². The Labute approximate surface area is 109 Å². The zero-order valence-corrected chi connectivity index (χ0v) is 10.0. The molecule has 0 aromatic heterocycles. The first-order valence-electron chi connectivity index (χ1n) is 5.88. The van der Waals surface area contributed by atoms with Crippen molar-refractivity contribution in [3.05, 3.63) is 58.9 Å². The molecule has 0 unspecified atom stereocenters. The lowest BCUT2D eigenvalue weighted by atomic mass is 9.96. The fourth-order valence-electron chi connectivity index (χ4n) is 2.32. The van der Waals surface area contributed by atoms with Gasteiger partial charge in [-0.25, -0.2) is 9.18 Å². The number of carboxylic acids is 1. The second-order valence-electron chi connectivity index (χ2n) is 4.44. The van der Waals surface area contributed by atoms with Crippen LogP contribution < -0.4 is 0 Å². The SMILES string of the molecule is O=C(O)c1c(F)cccc1-c1ccc2c(c1)COC2. The molecule has 2 aromatic rings. The summed E-state index contributed by atoms with van der Waals surface area (Å²) in [5, 5.41) is 9.14. The van der Waals surface area contributed by atoms with Gasteiger partial charge in [-0.1, -0.05) is 24.3 Å². The Morgan fingerprint density at radius 2 is 1.95 bits per heavy atom. The number of hydrogen-bond acceptors (Lipinski definition) is 2. The van der Waals surface area contributed by atoms with Crippen molar-refractivity contribution < 1.29 is 19.0 Å². The largest absolute Gasteiger partial charge is 0.478 e. The fraction of sp³-hybridized carbons (Fsp3) is 0.133. The van der Waals surface area contributed by atoms with Gasteiger partial charge in [-0.2, -0.15) is 0 Å². The third-order valence-electron chi connectivity index (χ3n) is 3.26. The summed E-state index contributed by atoms with van der Waals surface area (Å²) < 4.78 is 19.0. The Hall–Kier alpha value is -2.20. The van der Waals surface area contributed by atoms with Crippen LogP contribution in [0.5, 0.6) is 0 Å². The Morgan fingerprint density at radius 1 is 1.16 bits per heavy atom. The number of ether oxygens (including phenoxy) is 1. The first-order valence-corrected chi connectivity index (χ1v) is 5.88. The summed E-state index contributed by atoms with van der Waals surface area (Å²) in [7, 11) is 0. The van der Waals surface area contributed by atoms with E-state index in [0.717, 1.165) is 17.2 Å². The van der Waals surface area contributed by atoms with E-state index in [2.05, 4.69) is 0 Å². The molecule has 1 aliphatic heterocycles. The summed E-state index contributed by atoms with van der Waals surface area (Å²) in [5.41, 5.74) is 2.92. The molecular formula is C15H11FO3. The molecule has 19 heavy (non-hydrogen) atoms. The van der Waals surface area contributed by atoms with Gasteiger partial charge in [0.25, 0.3) is 0 Å². The minimum atomic E-state index is -1.26. The molecule has 0 fully saturated rings. The van der Waals surface area contributed by atoms with E-state index in [9.17, 15) is 9.18 Å². The molecular weight excluding hydrogens is 247 g/mol. The van der Waals surface area contributed by atoms with Crippen LogP contribution >= 0.6 is 0 Å². The minimum Gasteiger partial charge on any atom is -0.478 e. The van der Waals surface area contributed by atoms with Crippen LogP contribution in [-0.4, -0.2) is 11.1 Å². The van der Waals surface area contributed by atoms with Gasteiger partial charge in [-0.15, -0.1) is 0 Å². The van der Waals surface area contributed by atoms with Gasteiger partial charge in [0.2, 0.25) is 0 Å². The number of hydrogen-bond donors (Lipinski definition) is 1. The zero-order valence-electron chi connectivity index (χ0n) is 10.0. The Kier molecular flexibility index (Phi) is 2.80. The predicted octanol–water partition coefficient (Wildman–Crippen LogP) is 3.22. The normalized spacial score (nSPS) is 13.3. The number of carboxylic acid groups (broad SMARTS) is 1. The first-order chi connectivity index (χ1) is 9.16. The van der Waals surface area contributed by atoms with E-state index < -0.39 is 11.8 Å². The Morgan fingerprint density at radius 3 is 2.74 bits per heavy atom. The van der Waals surface area contributed by atoms with Crippen molar-refractivity contribution in [3.8, 4) is 11.1 Å². The summed E-state index contributed by atoms with van der Waals surface area (Å²) in [5.74, 6) is -1.98. The van der Waals surface area contributed by atoms with Crippen molar-refractivity contribution in [2.45, 2.75) is 13.2 Å². The Bertz CT molecular complexity index is 664. The number of halogens is 1. The third kappa shape index (κ3) is 2.00. The average Bonchev–Trinajstić information content (AvgIpc) is 2.85. The van der Waals surface area contributed by atoms with E-state index in [1.807, 2.05) is 12.1 Å². The molecule has 0 atom stereocenters. The number of rotatable bonds is 2. The molecule has 0 bridgehead atoms. The van der Waals surface area contributed by atoms with Crippen LogP contribution in [-0.2, 0) is 18.0 Å². The number of aromatic carboxylic acids is 1. The molecule has 1 aliphatic rings. The molecule has 1 N–H and O–H groups in total. The molecule has 0 saturated heterocycles. The van der Waals surface area contributed by atoms with Crippen LogP contribution in [0.15, 0.2) is 36.4 Å². The first kappa shape index (κ1) is 11.9. The van der Waals surface area contributed by atoms with Gasteiger partial charge in [0, 0.05) is 0 Å². The smallest absolute Gasteiger partial charge is 0.339 e. The van der Waals surface area contributed by atoms with Gasteiger partial charge >= 0.3 is 5.97 Å². The quantitative estimate of drug-likeness (QED) is 0.899. The standard InChI is InChI=1S/C15H11FO3/c16-13-3-1-2-12(14(13)15(17)18)9-4-5-10-7-19-8-11(10)6-9/h1-6H,7-8H2,(H,17,18). The molecule has 1 heterocycles. The van der Waals surface area contributed by atoms with Crippen LogP contribution in [0.4, 0.5) is 4.39 Å². The molecule has 2 aromatic carbocycles. The number of carbonyl (C=O) groups is 1. The van der Waals surface area contributed by atoms with Crippen molar-refractivity contribution in [3.63, 3.8) is 0 Å². The second-order valence-corrected chi connectivity index (χ2v) is 4.44. The summed E-state index contributed by atoms with van der Waals surface area (Å²) >= 11 is 0. The zero-order chi connectivity index (χ0) is 13.4. The van der Waals surface area contributed by atoms with Crippen LogP contribution in [0.1, 0.15) is 21.5 Å². The van der Waals surface area contributed by atoms with Gasteiger partial charge in [0.05, 0.1) is 13.2 Å². The fourth-order valence-corrected chi connectivity index (χ4v) is 2.32. The maximum atomic E-state index is 13.7. The van der Waals surface area contributed by atoms with Gasteiger partial charge in [-0.3, -0.25) is 0 Å². The lowest BCUT2D eigenvalue weighted by Crippen LogP contribution is -2.03. The average molecular weight is 258 g/mol. The maximum Gasteiger partial charge on any atom is 0.339 e. The topological polar surface area (TPSA) is 46.5 Å². The third-order valence-corrected chi connectivity index (χ3v) is 3.26. The van der Waals surface area contributed by atoms with Crippen molar-refractivity contribution in [1.29, 1.82) is 0 Å². The molecule has 0 aliphatic carbocycles. The van der Waals surface area contributed by atoms with E-state index in [4.69, 9.17) is 9.84 Å². The van der Waals surface area contributed by atoms with E-state index in [-0.39, 0.29) is 5.56 Å². The number of benzene rings is 2. The molecule has 0 amide bonds. The van der Waals surface area contributed by atoms with Gasteiger partial charge in [0.1, 0.15) is 11.4 Å². The molecule has 3 nitrogen and oxygen atoms in total. The molecule has 0 radical (unpaired) electrons. The molecule has 0 saturated carbocycles. The van der Waals surface area contributed by atoms with Crippen LogP contribution in [0.2, 0.25) is 0 Å². The van der Waals surface area contributed by atoms with Gasteiger partial charge in [0.15, 0.2) is 0 Å². The second kappa shape index (κ2) is 4.48. The van der Waals surface area contributed by atoms with Crippen LogP contribution in [0.3, 0.4) is 0 Å². The minimum absolute atomic E-state index is 0.290.